The van der Waals surface area contributed by atoms with Crippen molar-refractivity contribution in [3.8, 4) is 0 Å². The molecule has 0 amide bonds. The van der Waals surface area contributed by atoms with E-state index < -0.39 is 6.10 Å². The van der Waals surface area contributed by atoms with Gasteiger partial charge in [0.05, 0.1) is 0 Å². The molecular weight excluding hydrogens is 889 g/mol. The molecule has 0 saturated heterocycles. The van der Waals surface area contributed by atoms with Crippen LogP contribution in [-0.4, -0.2) is 37.2 Å². The van der Waals surface area contributed by atoms with Crippen molar-refractivity contribution < 1.29 is 28.6 Å². The van der Waals surface area contributed by atoms with Gasteiger partial charge >= 0.3 is 17.9 Å². The van der Waals surface area contributed by atoms with Gasteiger partial charge in [-0.1, -0.05) is 274 Å². The van der Waals surface area contributed by atoms with E-state index in [1.807, 2.05) is 0 Å². The van der Waals surface area contributed by atoms with E-state index in [0.29, 0.717) is 19.3 Å². The van der Waals surface area contributed by atoms with Gasteiger partial charge in [0.2, 0.25) is 0 Å². The molecule has 0 spiro atoms. The molecule has 0 rings (SSSR count). The molecule has 418 valence electrons. The number of rotatable bonds is 57. The minimum atomic E-state index is -0.783. The summed E-state index contributed by atoms with van der Waals surface area (Å²) in [6, 6.07) is 0. The Labute approximate surface area is 447 Å². The van der Waals surface area contributed by atoms with Gasteiger partial charge in [0.25, 0.3) is 0 Å². The van der Waals surface area contributed by atoms with Crippen LogP contribution in [-0.2, 0) is 28.6 Å². The second kappa shape index (κ2) is 60.7. The van der Waals surface area contributed by atoms with E-state index >= 15 is 0 Å². The molecule has 0 heterocycles. The monoisotopic (exact) mass is 1010 g/mol. The van der Waals surface area contributed by atoms with Crippen LogP contribution >= 0.6 is 0 Å². The number of carbonyl (C=O) groups excluding carboxylic acids is 3. The number of unbranched alkanes of at least 4 members (excludes halogenated alkanes) is 36. The van der Waals surface area contributed by atoms with Gasteiger partial charge in [-0.3, -0.25) is 14.4 Å². The number of carbonyl (C=O) groups is 3. The molecule has 0 aliphatic rings. The van der Waals surface area contributed by atoms with Crippen molar-refractivity contribution in [2.24, 2.45) is 0 Å². The maximum atomic E-state index is 12.9. The first kappa shape index (κ1) is 69.1. The zero-order valence-electron chi connectivity index (χ0n) is 47.9. The van der Waals surface area contributed by atoms with Crippen LogP contribution in [0.25, 0.3) is 0 Å². The first-order valence-corrected chi connectivity index (χ1v) is 31.3. The van der Waals surface area contributed by atoms with Crippen LogP contribution in [0.5, 0.6) is 0 Å². The Morgan fingerprint density at radius 3 is 0.806 bits per heavy atom. The quantitative estimate of drug-likeness (QED) is 0.0261. The van der Waals surface area contributed by atoms with Crippen LogP contribution in [0.2, 0.25) is 0 Å². The maximum Gasteiger partial charge on any atom is 0.306 e. The van der Waals surface area contributed by atoms with E-state index in [1.54, 1.807) is 0 Å². The molecule has 0 aliphatic heterocycles. The summed E-state index contributed by atoms with van der Waals surface area (Å²) in [4.78, 5) is 38.3. The fraction of sp³-hybridized carbons (Fsp3) is 0.803. The van der Waals surface area contributed by atoms with Crippen molar-refractivity contribution in [1.82, 2.24) is 0 Å². The minimum Gasteiger partial charge on any atom is -0.462 e. The number of hydrogen-bond acceptors (Lipinski definition) is 6. The van der Waals surface area contributed by atoms with Crippen LogP contribution in [0.15, 0.2) is 60.8 Å². The van der Waals surface area contributed by atoms with E-state index in [-0.39, 0.29) is 31.1 Å². The summed E-state index contributed by atoms with van der Waals surface area (Å²) in [6.45, 7) is 6.63. The second-order valence-electron chi connectivity index (χ2n) is 21.0. The molecule has 0 fully saturated rings. The molecule has 0 N–H and O–H groups in total. The van der Waals surface area contributed by atoms with Gasteiger partial charge in [0.1, 0.15) is 13.2 Å². The van der Waals surface area contributed by atoms with Gasteiger partial charge in [-0.2, -0.15) is 0 Å². The van der Waals surface area contributed by atoms with Gasteiger partial charge in [-0.05, 0) is 89.9 Å². The lowest BCUT2D eigenvalue weighted by Gasteiger charge is -2.18. The number of allylic oxidation sites excluding steroid dienone is 10. The van der Waals surface area contributed by atoms with Crippen molar-refractivity contribution in [1.29, 1.82) is 0 Å². The predicted molar refractivity (Wildman–Crippen MR) is 312 cm³/mol. The molecule has 6 heteroatoms. The van der Waals surface area contributed by atoms with Crippen molar-refractivity contribution in [3.05, 3.63) is 60.8 Å². The van der Waals surface area contributed by atoms with Crippen molar-refractivity contribution in [2.45, 2.75) is 329 Å². The molecule has 72 heavy (non-hydrogen) atoms. The molecule has 0 radical (unpaired) electrons. The highest BCUT2D eigenvalue weighted by molar-refractivity contribution is 5.71. The third-order valence-electron chi connectivity index (χ3n) is 13.7. The smallest absolute Gasteiger partial charge is 0.306 e. The molecule has 1 unspecified atom stereocenters. The van der Waals surface area contributed by atoms with Crippen LogP contribution < -0.4 is 0 Å². The van der Waals surface area contributed by atoms with Crippen molar-refractivity contribution in [2.75, 3.05) is 13.2 Å². The minimum absolute atomic E-state index is 0.0789. The highest BCUT2D eigenvalue weighted by atomic mass is 16.6. The van der Waals surface area contributed by atoms with Crippen LogP contribution in [0, 0.1) is 0 Å². The van der Waals surface area contributed by atoms with E-state index in [9.17, 15) is 14.4 Å². The summed E-state index contributed by atoms with van der Waals surface area (Å²) in [5, 5.41) is 0. The Morgan fingerprint density at radius 2 is 0.500 bits per heavy atom. The molecule has 0 aromatic carbocycles. The predicted octanol–water partition coefficient (Wildman–Crippen LogP) is 21.2. The SMILES string of the molecule is CCCCC/C=C\C/C=C\CCCCCCCCCC(=O)OC(COC(=O)CCCCCCCC/C=C\C/C=C\C/C=C\CCCCCCC)COC(=O)CCCCCCCCCCCCCCCCCC. The summed E-state index contributed by atoms with van der Waals surface area (Å²) in [5.41, 5.74) is 0. The summed E-state index contributed by atoms with van der Waals surface area (Å²) in [6.07, 6.45) is 76.4. The van der Waals surface area contributed by atoms with E-state index in [0.717, 1.165) is 89.9 Å². The van der Waals surface area contributed by atoms with Gasteiger partial charge in [-0.25, -0.2) is 0 Å². The fourth-order valence-corrected chi connectivity index (χ4v) is 9.01. The average molecular weight is 1010 g/mol. The largest absolute Gasteiger partial charge is 0.462 e. The van der Waals surface area contributed by atoms with Gasteiger partial charge < -0.3 is 14.2 Å². The Morgan fingerprint density at radius 1 is 0.278 bits per heavy atom. The molecule has 1 atom stereocenters. The molecule has 0 bridgehead atoms. The number of hydrogen-bond donors (Lipinski definition) is 0. The molecule has 0 aromatic rings. The third kappa shape index (κ3) is 58.0. The highest BCUT2D eigenvalue weighted by Gasteiger charge is 2.19. The zero-order chi connectivity index (χ0) is 52.2. The lowest BCUT2D eigenvalue weighted by atomic mass is 10.0. The molecule has 0 aromatic heterocycles. The van der Waals surface area contributed by atoms with E-state index in [4.69, 9.17) is 14.2 Å². The molecule has 0 saturated carbocycles. The Balaban J connectivity index is 4.38. The molecular formula is C66H118O6. The summed E-state index contributed by atoms with van der Waals surface area (Å²) in [7, 11) is 0. The van der Waals surface area contributed by atoms with Crippen molar-refractivity contribution in [3.63, 3.8) is 0 Å². The van der Waals surface area contributed by atoms with Crippen molar-refractivity contribution >= 4 is 17.9 Å². The highest BCUT2D eigenvalue weighted by Crippen LogP contribution is 2.16. The Kier molecular flexibility index (Phi) is 58.2. The van der Waals surface area contributed by atoms with Crippen LogP contribution in [0.4, 0.5) is 0 Å². The number of esters is 3. The van der Waals surface area contributed by atoms with Gasteiger partial charge in [0, 0.05) is 19.3 Å². The molecule has 0 aliphatic carbocycles. The first-order valence-electron chi connectivity index (χ1n) is 31.3. The Hall–Kier alpha value is -2.89. The standard InChI is InChI=1S/C66H118O6/c1-4-7-10-13-16-19-22-25-28-31-32-33-34-36-38-41-44-47-50-53-56-59-65(68)71-62-63(61-70-64(67)58-55-52-49-46-43-40-37-30-27-24-21-18-15-12-9-6-3)72-66(69)60-57-54-51-48-45-42-39-35-29-26-23-20-17-14-11-8-5-2/h17,20,22,25-26,29,31-32,34,36,63H,4-16,18-19,21,23-24,27-28,30,33,35,37-62H2,1-3H3/b20-17-,25-22-,29-26-,32-31-,36-34-. The second-order valence-corrected chi connectivity index (χ2v) is 21.0. The lowest BCUT2D eigenvalue weighted by molar-refractivity contribution is -0.167. The summed E-state index contributed by atoms with van der Waals surface area (Å²) in [5.74, 6) is -0.883. The normalized spacial score (nSPS) is 12.4. The summed E-state index contributed by atoms with van der Waals surface area (Å²) >= 11 is 0. The Bertz CT molecular complexity index is 1290. The topological polar surface area (TPSA) is 78.9 Å². The molecule has 6 nitrogen and oxygen atoms in total. The van der Waals surface area contributed by atoms with E-state index in [1.165, 1.54) is 193 Å². The van der Waals surface area contributed by atoms with Gasteiger partial charge in [-0.15, -0.1) is 0 Å². The third-order valence-corrected chi connectivity index (χ3v) is 13.7. The fourth-order valence-electron chi connectivity index (χ4n) is 9.01. The van der Waals surface area contributed by atoms with Crippen LogP contribution in [0.3, 0.4) is 0 Å². The number of ether oxygens (including phenoxy) is 3. The zero-order valence-corrected chi connectivity index (χ0v) is 47.9. The van der Waals surface area contributed by atoms with E-state index in [2.05, 4.69) is 81.5 Å². The first-order chi connectivity index (χ1) is 35.5. The maximum absolute atomic E-state index is 12.9. The lowest BCUT2D eigenvalue weighted by Crippen LogP contribution is -2.30. The average Bonchev–Trinajstić information content (AvgIpc) is 3.38. The van der Waals surface area contributed by atoms with Crippen LogP contribution in [0.1, 0.15) is 323 Å². The summed E-state index contributed by atoms with van der Waals surface area (Å²) < 4.78 is 16.9. The van der Waals surface area contributed by atoms with Gasteiger partial charge in [0.15, 0.2) is 6.10 Å².